The molecule has 0 spiro atoms. The molecule has 0 unspecified atom stereocenters. The van der Waals surface area contributed by atoms with Gasteiger partial charge in [0, 0.05) is 29.1 Å². The van der Waals surface area contributed by atoms with Crippen LogP contribution in [0.1, 0.15) is 85.1 Å². The zero-order valence-electron chi connectivity index (χ0n) is 39.3. The Balaban J connectivity index is 0.000000155. The van der Waals surface area contributed by atoms with Crippen LogP contribution < -0.4 is 15.3 Å². The fourth-order valence-corrected chi connectivity index (χ4v) is 8.28. The monoisotopic (exact) mass is 1080 g/mol. The minimum absolute atomic E-state index is 0. The maximum atomic E-state index is 11.8. The minimum atomic E-state index is -0.264. The number of carbonyl (C=O) groups is 3. The van der Waals surface area contributed by atoms with Crippen LogP contribution in [0, 0.1) is 51.3 Å². The Hall–Kier alpha value is -7.43. The molecule has 2 atom stereocenters. The topological polar surface area (TPSA) is 146 Å². The van der Waals surface area contributed by atoms with E-state index in [1.165, 1.54) is 24.0 Å². The smallest absolute Gasteiger partial charge is 0.872 e. The quantitative estimate of drug-likeness (QED) is 0.0747. The van der Waals surface area contributed by atoms with Crippen molar-refractivity contribution >= 4 is 34.6 Å². The molecule has 1 saturated carbocycles. The van der Waals surface area contributed by atoms with E-state index in [1.807, 2.05) is 60.8 Å². The average molecular weight is 1080 g/mol. The van der Waals surface area contributed by atoms with Crippen molar-refractivity contribution < 1.29 is 69.6 Å². The maximum absolute atomic E-state index is 11.8. The van der Waals surface area contributed by atoms with E-state index in [0.717, 1.165) is 35.5 Å². The predicted molar refractivity (Wildman–Crippen MR) is 271 cm³/mol. The average Bonchev–Trinajstić information content (AvgIpc) is 3.42. The summed E-state index contributed by atoms with van der Waals surface area (Å²) in [6.07, 6.45) is 9.88. The molecule has 6 aromatic carbocycles. The summed E-state index contributed by atoms with van der Waals surface area (Å²) in [6.45, 7) is 4.81. The fourth-order valence-electron chi connectivity index (χ4n) is 8.28. The molecule has 1 fully saturated rings. The van der Waals surface area contributed by atoms with Gasteiger partial charge in [0.05, 0.1) is 11.4 Å². The predicted octanol–water partition coefficient (Wildman–Crippen LogP) is 10.6. The Bertz CT molecular complexity index is 2830. The van der Waals surface area contributed by atoms with Crippen molar-refractivity contribution in [2.75, 3.05) is 0 Å². The first-order valence-corrected chi connectivity index (χ1v) is 23.0. The molecule has 0 saturated heterocycles. The Labute approximate surface area is 447 Å². The SMILES string of the molecule is CC1(C)[C@@H]2Cc3cc(-c4ccccn4)ncc3[C@H]1C2.O=C(/C=C(\[O-])c1ccccc1)c1ccccc1.O=C(/C=C(\[O-])c1ccccc1)c1ccccc1.O=C(/C=C(\[O-])c1ccccc1)c1ccccc1.[Gd+3]. The van der Waals surface area contributed by atoms with Crippen LogP contribution >= 0.6 is 0 Å². The summed E-state index contributed by atoms with van der Waals surface area (Å²) in [4.78, 5) is 44.3. The van der Waals surface area contributed by atoms with Gasteiger partial charge in [-0.3, -0.25) is 24.4 Å². The number of hydrogen-bond donors (Lipinski definition) is 0. The van der Waals surface area contributed by atoms with Crippen molar-refractivity contribution in [1.29, 1.82) is 0 Å². The molecule has 353 valence electrons. The molecule has 2 heterocycles. The van der Waals surface area contributed by atoms with Gasteiger partial charge in [0.25, 0.3) is 0 Å². The molecule has 2 aromatic heterocycles. The number of hydrogen-bond acceptors (Lipinski definition) is 8. The van der Waals surface area contributed by atoms with E-state index in [4.69, 9.17) is 0 Å². The third kappa shape index (κ3) is 14.6. The van der Waals surface area contributed by atoms with Crippen molar-refractivity contribution in [2.45, 2.75) is 32.6 Å². The van der Waals surface area contributed by atoms with Crippen LogP contribution in [0.15, 0.2) is 237 Å². The molecule has 9 heteroatoms. The molecule has 3 aliphatic rings. The summed E-state index contributed by atoms with van der Waals surface area (Å²) in [6, 6.07) is 60.8. The third-order valence-electron chi connectivity index (χ3n) is 12.4. The summed E-state index contributed by atoms with van der Waals surface area (Å²) in [5.41, 5.74) is 8.59. The van der Waals surface area contributed by atoms with E-state index >= 15 is 0 Å². The third-order valence-corrected chi connectivity index (χ3v) is 12.4. The summed E-state index contributed by atoms with van der Waals surface area (Å²) in [5, 5.41) is 35.3. The van der Waals surface area contributed by atoms with Crippen molar-refractivity contribution in [1.82, 2.24) is 9.97 Å². The van der Waals surface area contributed by atoms with Gasteiger partial charge in [-0.15, -0.1) is 0 Å². The van der Waals surface area contributed by atoms with Crippen molar-refractivity contribution in [2.24, 2.45) is 11.3 Å². The number of benzene rings is 6. The van der Waals surface area contributed by atoms with Gasteiger partial charge in [-0.05, 0) is 94.3 Å². The molecule has 8 aromatic rings. The molecule has 8 nitrogen and oxygen atoms in total. The Morgan fingerprint density at radius 3 is 1.13 bits per heavy atom. The van der Waals surface area contributed by atoms with Gasteiger partial charge in [-0.1, -0.05) is 219 Å². The Morgan fingerprint density at radius 2 is 0.803 bits per heavy atom. The zero-order valence-corrected chi connectivity index (χ0v) is 41.6. The second-order valence-electron chi connectivity index (χ2n) is 17.3. The summed E-state index contributed by atoms with van der Waals surface area (Å²) < 4.78 is 0. The van der Waals surface area contributed by atoms with Gasteiger partial charge in [-0.2, -0.15) is 0 Å². The van der Waals surface area contributed by atoms with E-state index in [2.05, 4.69) is 36.1 Å². The normalized spacial score (nSPS) is 15.1. The van der Waals surface area contributed by atoms with E-state index in [9.17, 15) is 29.7 Å². The van der Waals surface area contributed by atoms with Crippen LogP contribution in [0.5, 0.6) is 0 Å². The maximum Gasteiger partial charge on any atom is 3.00 e. The van der Waals surface area contributed by atoms with Gasteiger partial charge in [0.2, 0.25) is 0 Å². The molecule has 0 amide bonds. The van der Waals surface area contributed by atoms with Gasteiger partial charge < -0.3 is 15.3 Å². The number of pyridine rings is 2. The first kappa shape index (κ1) is 52.9. The number of allylic oxidation sites excluding steroid dienone is 3. The van der Waals surface area contributed by atoms with Gasteiger partial charge in [-0.25, -0.2) is 0 Å². The molecule has 0 aliphatic heterocycles. The zero-order chi connectivity index (χ0) is 49.3. The van der Waals surface area contributed by atoms with E-state index in [1.54, 1.807) is 146 Å². The van der Waals surface area contributed by atoms with Crippen LogP contribution in [0.3, 0.4) is 0 Å². The van der Waals surface area contributed by atoms with Crippen LogP contribution in [-0.4, -0.2) is 27.3 Å². The largest absolute Gasteiger partial charge is 3.00 e. The molecule has 3 aliphatic carbocycles. The minimum Gasteiger partial charge on any atom is -0.872 e. The standard InChI is InChI=1S/C17H18N2.3C15H12O2.Gd/c1-17(2)12-7-11-8-16(15-5-3-4-6-18-15)19-10-13(11)14(17)9-12;3*16-14(12-7-3-1-4-8-12)11-15(17)13-9-5-2-6-10-13;/h3-6,8,10,12,14H,7,9H2,1-2H3;3*1-11,16H;/q;;;;+3/p-3/b;3*14-11-;/t12-,14-;;;;/m1..../s1. The summed E-state index contributed by atoms with van der Waals surface area (Å²) in [7, 11) is 0. The number of nitrogens with zero attached hydrogens (tertiary/aromatic N) is 2. The Kier molecular flexibility index (Phi) is 19.4. The van der Waals surface area contributed by atoms with Gasteiger partial charge in [0.1, 0.15) is 0 Å². The molecule has 2 bridgehead atoms. The first-order chi connectivity index (χ1) is 34.0. The molecular weight excluding hydrogens is 1030 g/mol. The molecule has 71 heavy (non-hydrogen) atoms. The van der Waals surface area contributed by atoms with E-state index in [0.29, 0.717) is 44.7 Å². The number of ketones is 3. The van der Waals surface area contributed by atoms with Gasteiger partial charge in [0.15, 0.2) is 17.3 Å². The van der Waals surface area contributed by atoms with Crippen LogP contribution in [0.4, 0.5) is 0 Å². The molecule has 11 rings (SSSR count). The van der Waals surface area contributed by atoms with Crippen molar-refractivity contribution in [3.8, 4) is 11.4 Å². The fraction of sp³-hybridized carbons (Fsp3) is 0.113. The van der Waals surface area contributed by atoms with E-state index < -0.39 is 0 Å². The van der Waals surface area contributed by atoms with Crippen LogP contribution in [0.25, 0.3) is 28.7 Å². The molecule has 1 radical (unpaired) electrons. The second-order valence-corrected chi connectivity index (χ2v) is 17.3. The first-order valence-electron chi connectivity index (χ1n) is 23.0. The van der Waals surface area contributed by atoms with Crippen LogP contribution in [0.2, 0.25) is 0 Å². The summed E-state index contributed by atoms with van der Waals surface area (Å²) >= 11 is 0. The molecule has 0 N–H and O–H groups in total. The molecular formula is C62H51GdN2O6. The second kappa shape index (κ2) is 26.0. The number of aromatic nitrogens is 2. The van der Waals surface area contributed by atoms with E-state index in [-0.39, 0.29) is 74.6 Å². The number of rotatable bonds is 10. The van der Waals surface area contributed by atoms with Crippen molar-refractivity contribution in [3.63, 3.8) is 0 Å². The summed E-state index contributed by atoms with van der Waals surface area (Å²) in [5.74, 6) is -0.0211. The number of carbonyl (C=O) groups excluding carboxylic acids is 3. The Morgan fingerprint density at radius 1 is 0.465 bits per heavy atom. The van der Waals surface area contributed by atoms with Crippen LogP contribution in [-0.2, 0) is 6.42 Å². The van der Waals surface area contributed by atoms with Gasteiger partial charge >= 0.3 is 39.9 Å². The van der Waals surface area contributed by atoms with Crippen molar-refractivity contribution in [3.05, 3.63) is 281 Å².